The molecule has 7 nitrogen and oxygen atoms in total. The first-order valence-electron chi connectivity index (χ1n) is 11.8. The Morgan fingerprint density at radius 1 is 1.00 bits per heavy atom. The quantitative estimate of drug-likeness (QED) is 0.532. The molecule has 0 spiro atoms. The molecule has 2 aromatic carbocycles. The Hall–Kier alpha value is -3.27. The number of ether oxygens (including phenoxy) is 3. The van der Waals surface area contributed by atoms with E-state index in [0.29, 0.717) is 55.4 Å². The molecule has 1 unspecified atom stereocenters. The lowest BCUT2D eigenvalue weighted by atomic mass is 10.0. The molecule has 0 radical (unpaired) electrons. The van der Waals surface area contributed by atoms with Gasteiger partial charge in [-0.05, 0) is 62.1 Å². The topological polar surface area (TPSA) is 65.8 Å². The Balaban J connectivity index is 1.36. The second kappa shape index (κ2) is 8.44. The Kier molecular flexibility index (Phi) is 5.36. The number of carbonyl (C=O) groups excluding carboxylic acids is 1. The van der Waals surface area contributed by atoms with Crippen molar-refractivity contribution in [3.8, 4) is 22.9 Å². The van der Waals surface area contributed by atoms with Gasteiger partial charge in [0.2, 0.25) is 6.79 Å². The second-order valence-electron chi connectivity index (χ2n) is 9.13. The normalized spacial score (nSPS) is 20.7. The Labute approximate surface area is 199 Å². The zero-order chi connectivity index (χ0) is 24.2. The van der Waals surface area contributed by atoms with Gasteiger partial charge >= 0.3 is 6.18 Å². The fourth-order valence-electron chi connectivity index (χ4n) is 5.20. The number of imidazole rings is 1. The number of piperidine rings is 1. The molecular formula is C25H24F3N3O4. The first-order valence-corrected chi connectivity index (χ1v) is 11.8. The molecule has 0 saturated carbocycles. The minimum Gasteiger partial charge on any atom is -0.454 e. The van der Waals surface area contributed by atoms with E-state index in [-0.39, 0.29) is 30.4 Å². The van der Waals surface area contributed by atoms with Gasteiger partial charge in [-0.1, -0.05) is 0 Å². The van der Waals surface area contributed by atoms with Gasteiger partial charge in [0, 0.05) is 31.3 Å². The van der Waals surface area contributed by atoms with Crippen LogP contribution in [0.5, 0.6) is 11.5 Å². The summed E-state index contributed by atoms with van der Waals surface area (Å²) < 4.78 is 58.6. The highest BCUT2D eigenvalue weighted by atomic mass is 19.4. The fraction of sp³-hybridized carbons (Fsp3) is 0.440. The minimum absolute atomic E-state index is 0.0225. The zero-order valence-corrected chi connectivity index (χ0v) is 18.9. The van der Waals surface area contributed by atoms with Crippen LogP contribution in [0.4, 0.5) is 13.2 Å². The van der Waals surface area contributed by atoms with E-state index in [1.165, 1.54) is 6.07 Å². The van der Waals surface area contributed by atoms with Gasteiger partial charge in [-0.25, -0.2) is 4.98 Å². The number of fused-ring (bicyclic) bond motifs is 2. The second-order valence-corrected chi connectivity index (χ2v) is 9.13. The predicted molar refractivity (Wildman–Crippen MR) is 120 cm³/mol. The van der Waals surface area contributed by atoms with Crippen molar-refractivity contribution in [2.24, 2.45) is 0 Å². The van der Waals surface area contributed by atoms with Crippen molar-refractivity contribution < 1.29 is 32.2 Å². The molecule has 3 aliphatic heterocycles. The van der Waals surface area contributed by atoms with E-state index >= 15 is 0 Å². The van der Waals surface area contributed by atoms with Crippen molar-refractivity contribution in [2.45, 2.75) is 44.0 Å². The third-order valence-corrected chi connectivity index (χ3v) is 6.99. The number of benzene rings is 2. The molecule has 3 aromatic rings. The van der Waals surface area contributed by atoms with Crippen LogP contribution in [0.1, 0.15) is 37.3 Å². The molecule has 4 heterocycles. The van der Waals surface area contributed by atoms with E-state index in [9.17, 15) is 18.0 Å². The number of amides is 1. The number of aromatic nitrogens is 2. The van der Waals surface area contributed by atoms with Gasteiger partial charge in [-0.2, -0.15) is 13.2 Å². The monoisotopic (exact) mass is 487 g/mol. The molecule has 6 rings (SSSR count). The van der Waals surface area contributed by atoms with Crippen molar-refractivity contribution in [1.82, 2.24) is 14.5 Å². The van der Waals surface area contributed by atoms with E-state index in [1.807, 2.05) is 15.5 Å². The van der Waals surface area contributed by atoms with Crippen LogP contribution in [0.2, 0.25) is 0 Å². The van der Waals surface area contributed by atoms with Gasteiger partial charge < -0.3 is 23.7 Å². The number of nitrogens with zero attached hydrogens (tertiary/aromatic N) is 3. The molecule has 184 valence electrons. The summed E-state index contributed by atoms with van der Waals surface area (Å²) in [5, 5.41) is 0. The highest BCUT2D eigenvalue weighted by Crippen LogP contribution is 2.40. The summed E-state index contributed by atoms with van der Waals surface area (Å²) in [6, 6.07) is 9.09. The third-order valence-electron chi connectivity index (χ3n) is 6.99. The number of hydrogen-bond acceptors (Lipinski definition) is 5. The molecule has 0 bridgehead atoms. The first kappa shape index (κ1) is 22.2. The molecule has 0 aliphatic carbocycles. The van der Waals surface area contributed by atoms with Crippen LogP contribution in [0.25, 0.3) is 22.4 Å². The standard InChI is InChI=1S/C25H24F3N3O4/c26-25(27,28)16-4-5-19-18(13-16)29-23(15-3-6-20-22(12-15)35-14-34-20)31(19)17-7-9-30(10-8-17)24(32)21-2-1-11-33-21/h3-6,12-13,17,21H,1-2,7-11,14H2. The number of carbonyl (C=O) groups is 1. The number of hydrogen-bond donors (Lipinski definition) is 0. The van der Waals surface area contributed by atoms with Crippen LogP contribution < -0.4 is 9.47 Å². The highest BCUT2D eigenvalue weighted by Gasteiger charge is 2.34. The fourth-order valence-corrected chi connectivity index (χ4v) is 5.20. The predicted octanol–water partition coefficient (Wildman–Crippen LogP) is 4.79. The van der Waals surface area contributed by atoms with Crippen molar-refractivity contribution in [1.29, 1.82) is 0 Å². The average Bonchev–Trinajstić information content (AvgIpc) is 3.62. The largest absolute Gasteiger partial charge is 0.454 e. The van der Waals surface area contributed by atoms with E-state index in [1.54, 1.807) is 12.1 Å². The zero-order valence-electron chi connectivity index (χ0n) is 18.9. The van der Waals surface area contributed by atoms with Crippen LogP contribution in [-0.4, -0.2) is 53.0 Å². The van der Waals surface area contributed by atoms with Gasteiger partial charge in [-0.15, -0.1) is 0 Å². The van der Waals surface area contributed by atoms with Gasteiger partial charge in [0.25, 0.3) is 5.91 Å². The third kappa shape index (κ3) is 3.99. The number of rotatable bonds is 3. The lowest BCUT2D eigenvalue weighted by molar-refractivity contribution is -0.142. The molecule has 3 aliphatic rings. The molecule has 1 amide bonds. The lowest BCUT2D eigenvalue weighted by Crippen LogP contribution is -2.44. The maximum absolute atomic E-state index is 13.4. The smallest absolute Gasteiger partial charge is 0.416 e. The summed E-state index contributed by atoms with van der Waals surface area (Å²) in [5.74, 6) is 1.80. The molecule has 10 heteroatoms. The van der Waals surface area contributed by atoms with Gasteiger partial charge in [0.05, 0.1) is 16.6 Å². The Morgan fingerprint density at radius 3 is 2.54 bits per heavy atom. The first-order chi connectivity index (χ1) is 16.9. The molecule has 1 atom stereocenters. The van der Waals surface area contributed by atoms with Gasteiger partial charge in [0.1, 0.15) is 11.9 Å². The van der Waals surface area contributed by atoms with E-state index in [2.05, 4.69) is 4.98 Å². The lowest BCUT2D eigenvalue weighted by Gasteiger charge is -2.34. The van der Waals surface area contributed by atoms with Crippen LogP contribution >= 0.6 is 0 Å². The van der Waals surface area contributed by atoms with Crippen molar-refractivity contribution in [3.63, 3.8) is 0 Å². The Morgan fingerprint density at radius 2 is 1.80 bits per heavy atom. The van der Waals surface area contributed by atoms with Crippen LogP contribution in [0, 0.1) is 0 Å². The molecule has 35 heavy (non-hydrogen) atoms. The van der Waals surface area contributed by atoms with Crippen LogP contribution in [0.3, 0.4) is 0 Å². The van der Waals surface area contributed by atoms with Gasteiger partial charge in [-0.3, -0.25) is 4.79 Å². The number of likely N-dealkylation sites (tertiary alicyclic amines) is 1. The van der Waals surface area contributed by atoms with Gasteiger partial charge in [0.15, 0.2) is 11.5 Å². The summed E-state index contributed by atoms with van der Waals surface area (Å²) in [6.07, 6.45) is -1.82. The van der Waals surface area contributed by atoms with E-state index < -0.39 is 11.7 Å². The summed E-state index contributed by atoms with van der Waals surface area (Å²) >= 11 is 0. The van der Waals surface area contributed by atoms with E-state index in [4.69, 9.17) is 14.2 Å². The number of halogens is 3. The minimum atomic E-state index is -4.45. The molecule has 0 N–H and O–H groups in total. The maximum Gasteiger partial charge on any atom is 0.416 e. The van der Waals surface area contributed by atoms with E-state index in [0.717, 1.165) is 30.5 Å². The van der Waals surface area contributed by atoms with Crippen molar-refractivity contribution in [3.05, 3.63) is 42.0 Å². The molecular weight excluding hydrogens is 463 g/mol. The average molecular weight is 487 g/mol. The highest BCUT2D eigenvalue weighted by molar-refractivity contribution is 5.83. The molecule has 2 saturated heterocycles. The summed E-state index contributed by atoms with van der Waals surface area (Å²) in [5.41, 5.74) is 0.917. The number of alkyl halides is 3. The summed E-state index contributed by atoms with van der Waals surface area (Å²) in [7, 11) is 0. The van der Waals surface area contributed by atoms with Crippen molar-refractivity contribution >= 4 is 16.9 Å². The van der Waals surface area contributed by atoms with Crippen molar-refractivity contribution in [2.75, 3.05) is 26.5 Å². The SMILES string of the molecule is O=C(C1CCCO1)N1CCC(n2c(-c3ccc4c(c3)OCO4)nc3cc(C(F)(F)F)ccc32)CC1. The molecule has 1 aromatic heterocycles. The summed E-state index contributed by atoms with van der Waals surface area (Å²) in [6.45, 7) is 1.86. The summed E-state index contributed by atoms with van der Waals surface area (Å²) in [4.78, 5) is 19.3. The maximum atomic E-state index is 13.4. The molecule has 2 fully saturated rings. The van der Waals surface area contributed by atoms with Crippen LogP contribution in [-0.2, 0) is 15.7 Å². The Bertz CT molecular complexity index is 1270. The van der Waals surface area contributed by atoms with Crippen LogP contribution in [0.15, 0.2) is 36.4 Å².